The van der Waals surface area contributed by atoms with Crippen molar-refractivity contribution in [2.75, 3.05) is 23.3 Å². The number of halogens is 1. The van der Waals surface area contributed by atoms with Crippen LogP contribution in [0.5, 0.6) is 0 Å². The van der Waals surface area contributed by atoms with Crippen LogP contribution in [0.2, 0.25) is 5.02 Å². The molecule has 9 heteroatoms. The molecule has 0 saturated heterocycles. The van der Waals surface area contributed by atoms with Crippen LogP contribution in [0, 0.1) is 0 Å². The zero-order chi connectivity index (χ0) is 22.4. The van der Waals surface area contributed by atoms with Crippen LogP contribution in [0.4, 0.5) is 11.4 Å². The van der Waals surface area contributed by atoms with Crippen LogP contribution in [-0.4, -0.2) is 33.9 Å². The highest BCUT2D eigenvalue weighted by Crippen LogP contribution is 2.22. The quantitative estimate of drug-likeness (QED) is 0.541. The van der Waals surface area contributed by atoms with Gasteiger partial charge in [0.2, 0.25) is 0 Å². The number of amides is 1. The minimum Gasteiger partial charge on any atom is -0.452 e. The Morgan fingerprint density at radius 3 is 2.19 bits per heavy atom. The molecule has 0 spiro atoms. The number of hydrogen-bond donors (Lipinski definition) is 1. The van der Waals surface area contributed by atoms with Gasteiger partial charge < -0.3 is 10.1 Å². The molecule has 31 heavy (non-hydrogen) atoms. The van der Waals surface area contributed by atoms with Gasteiger partial charge in [-0.3, -0.25) is 9.10 Å². The number of esters is 1. The number of benzene rings is 3. The van der Waals surface area contributed by atoms with E-state index < -0.39 is 28.5 Å². The first-order chi connectivity index (χ1) is 14.8. The minimum atomic E-state index is -3.79. The van der Waals surface area contributed by atoms with E-state index in [1.54, 1.807) is 54.6 Å². The molecule has 1 N–H and O–H groups in total. The van der Waals surface area contributed by atoms with Crippen molar-refractivity contribution in [1.82, 2.24) is 0 Å². The van der Waals surface area contributed by atoms with Gasteiger partial charge in [0.05, 0.1) is 26.9 Å². The number of nitrogens with one attached hydrogen (secondary N) is 1. The van der Waals surface area contributed by atoms with Crippen molar-refractivity contribution in [3.05, 3.63) is 89.4 Å². The predicted octanol–water partition coefficient (Wildman–Crippen LogP) is 3.96. The van der Waals surface area contributed by atoms with E-state index in [1.807, 2.05) is 0 Å². The lowest BCUT2D eigenvalue weighted by atomic mass is 10.2. The molecule has 160 valence electrons. The minimum absolute atomic E-state index is 0.0202. The second-order valence-corrected chi connectivity index (χ2v) is 8.81. The molecule has 0 aliphatic heterocycles. The van der Waals surface area contributed by atoms with Gasteiger partial charge in [-0.2, -0.15) is 0 Å². The predicted molar refractivity (Wildman–Crippen MR) is 119 cm³/mol. The Hall–Kier alpha value is -3.36. The molecule has 0 aliphatic carbocycles. The van der Waals surface area contributed by atoms with Gasteiger partial charge in [-0.15, -0.1) is 0 Å². The normalized spacial score (nSPS) is 10.9. The van der Waals surface area contributed by atoms with Gasteiger partial charge in [0.15, 0.2) is 6.61 Å². The van der Waals surface area contributed by atoms with Gasteiger partial charge in [-0.05, 0) is 48.5 Å². The molecule has 7 nitrogen and oxygen atoms in total. The third kappa shape index (κ3) is 5.42. The van der Waals surface area contributed by atoms with E-state index in [0.29, 0.717) is 16.4 Å². The van der Waals surface area contributed by atoms with Gasteiger partial charge in [0.1, 0.15) is 0 Å². The first-order valence-electron chi connectivity index (χ1n) is 9.14. The molecule has 3 rings (SSSR count). The maximum absolute atomic E-state index is 12.8. The second kappa shape index (κ2) is 9.63. The Labute approximate surface area is 185 Å². The highest BCUT2D eigenvalue weighted by Gasteiger charge is 2.22. The van der Waals surface area contributed by atoms with Crippen molar-refractivity contribution in [2.45, 2.75) is 4.90 Å². The van der Waals surface area contributed by atoms with Crippen LogP contribution in [-0.2, 0) is 19.6 Å². The molecular weight excluding hydrogens is 440 g/mol. The summed E-state index contributed by atoms with van der Waals surface area (Å²) in [5, 5.41) is 2.90. The van der Waals surface area contributed by atoms with Crippen LogP contribution in [0.1, 0.15) is 10.4 Å². The number of carbonyl (C=O) groups excluding carboxylic acids is 2. The maximum Gasteiger partial charge on any atom is 0.338 e. The number of hydrogen-bond acceptors (Lipinski definition) is 5. The molecule has 0 saturated carbocycles. The number of nitrogens with zero attached hydrogens (tertiary/aromatic N) is 1. The van der Waals surface area contributed by atoms with Crippen molar-refractivity contribution < 1.29 is 22.7 Å². The van der Waals surface area contributed by atoms with Gasteiger partial charge in [-0.1, -0.05) is 41.9 Å². The molecular formula is C22H19ClN2O5S. The van der Waals surface area contributed by atoms with Gasteiger partial charge in [-0.25, -0.2) is 13.2 Å². The first kappa shape index (κ1) is 22.3. The van der Waals surface area contributed by atoms with Crippen molar-refractivity contribution in [3.8, 4) is 0 Å². The third-order valence-corrected chi connectivity index (χ3v) is 6.48. The standard InChI is InChI=1S/C22H19ClN2O5S/c1-25(17-7-3-2-4-8-17)31(28,29)18-13-11-16(12-14-18)22(27)30-15-21(26)24-20-10-6-5-9-19(20)23/h2-14H,15H2,1H3,(H,24,26). The van der Waals surface area contributed by atoms with Crippen LogP contribution in [0.15, 0.2) is 83.8 Å². The SMILES string of the molecule is CN(c1ccccc1)S(=O)(=O)c1ccc(C(=O)OCC(=O)Nc2ccccc2Cl)cc1. The fraction of sp³-hybridized carbons (Fsp3) is 0.0909. The fourth-order valence-corrected chi connectivity index (χ4v) is 4.04. The van der Waals surface area contributed by atoms with Crippen molar-refractivity contribution in [3.63, 3.8) is 0 Å². The fourth-order valence-electron chi connectivity index (χ4n) is 2.66. The Balaban J connectivity index is 1.62. The van der Waals surface area contributed by atoms with E-state index in [4.69, 9.17) is 16.3 Å². The monoisotopic (exact) mass is 458 g/mol. The van der Waals surface area contributed by atoms with E-state index in [1.165, 1.54) is 31.3 Å². The number of ether oxygens (including phenoxy) is 1. The van der Waals surface area contributed by atoms with E-state index in [2.05, 4.69) is 5.32 Å². The van der Waals surface area contributed by atoms with Crippen LogP contribution in [0.3, 0.4) is 0 Å². The largest absolute Gasteiger partial charge is 0.452 e. The lowest BCUT2D eigenvalue weighted by Crippen LogP contribution is -2.26. The summed E-state index contributed by atoms with van der Waals surface area (Å²) in [5.74, 6) is -1.31. The molecule has 3 aromatic rings. The molecule has 0 aliphatic rings. The Kier molecular flexibility index (Phi) is 6.94. The average molecular weight is 459 g/mol. The van der Waals surface area contributed by atoms with Gasteiger partial charge >= 0.3 is 5.97 Å². The summed E-state index contributed by atoms with van der Waals surface area (Å²) in [4.78, 5) is 24.2. The zero-order valence-corrected chi connectivity index (χ0v) is 18.1. The van der Waals surface area contributed by atoms with Gasteiger partial charge in [0.25, 0.3) is 15.9 Å². The summed E-state index contributed by atoms with van der Waals surface area (Å²) in [6.45, 7) is -0.513. The molecule has 0 radical (unpaired) electrons. The second-order valence-electron chi connectivity index (χ2n) is 6.44. The van der Waals surface area contributed by atoms with Crippen molar-refractivity contribution in [2.24, 2.45) is 0 Å². The summed E-state index contributed by atoms with van der Waals surface area (Å²) in [5.41, 5.74) is 1.03. The molecule has 0 fully saturated rings. The van der Waals surface area contributed by atoms with Crippen molar-refractivity contribution >= 4 is 44.9 Å². The molecule has 3 aromatic carbocycles. The summed E-state index contributed by atoms with van der Waals surface area (Å²) < 4.78 is 31.7. The topological polar surface area (TPSA) is 92.8 Å². The summed E-state index contributed by atoms with van der Waals surface area (Å²) in [6.07, 6.45) is 0. The molecule has 0 heterocycles. The summed E-state index contributed by atoms with van der Waals surface area (Å²) >= 11 is 5.96. The molecule has 0 atom stereocenters. The third-order valence-electron chi connectivity index (χ3n) is 4.35. The smallest absolute Gasteiger partial charge is 0.338 e. The highest BCUT2D eigenvalue weighted by molar-refractivity contribution is 7.92. The number of anilines is 2. The van der Waals surface area contributed by atoms with E-state index >= 15 is 0 Å². The molecule has 1 amide bonds. The van der Waals surface area contributed by atoms with Crippen LogP contribution < -0.4 is 9.62 Å². The summed E-state index contributed by atoms with van der Waals surface area (Å²) in [6, 6.07) is 20.6. The molecule has 0 unspecified atom stereocenters. The number of sulfonamides is 1. The lowest BCUT2D eigenvalue weighted by Gasteiger charge is -2.19. The van der Waals surface area contributed by atoms with Crippen molar-refractivity contribution in [1.29, 1.82) is 0 Å². The zero-order valence-electron chi connectivity index (χ0n) is 16.5. The van der Waals surface area contributed by atoms with Crippen LogP contribution >= 0.6 is 11.6 Å². The molecule has 0 bridgehead atoms. The lowest BCUT2D eigenvalue weighted by molar-refractivity contribution is -0.119. The Bertz CT molecular complexity index is 1180. The van der Waals surface area contributed by atoms with Gasteiger partial charge in [0, 0.05) is 7.05 Å². The average Bonchev–Trinajstić information content (AvgIpc) is 2.79. The molecule has 0 aromatic heterocycles. The number of para-hydroxylation sites is 2. The number of carbonyl (C=O) groups is 2. The van der Waals surface area contributed by atoms with E-state index in [0.717, 1.165) is 4.31 Å². The van der Waals surface area contributed by atoms with E-state index in [9.17, 15) is 18.0 Å². The Morgan fingerprint density at radius 2 is 1.55 bits per heavy atom. The van der Waals surface area contributed by atoms with Crippen LogP contribution in [0.25, 0.3) is 0 Å². The van der Waals surface area contributed by atoms with E-state index in [-0.39, 0.29) is 10.5 Å². The highest BCUT2D eigenvalue weighted by atomic mass is 35.5. The Morgan fingerprint density at radius 1 is 0.935 bits per heavy atom. The summed E-state index contributed by atoms with van der Waals surface area (Å²) in [7, 11) is -2.35. The maximum atomic E-state index is 12.8. The first-order valence-corrected chi connectivity index (χ1v) is 11.0. The number of rotatable bonds is 7.